The molecule has 1 N–H and O–H groups in total. The molecular weight excluding hydrogens is 363 g/mol. The van der Waals surface area contributed by atoms with Crippen molar-refractivity contribution in [2.45, 2.75) is 26.2 Å². The van der Waals surface area contributed by atoms with Crippen molar-refractivity contribution < 1.29 is 0 Å². The largest absolute Gasteiger partial charge is 0.309 e. The molecule has 0 bridgehead atoms. The van der Waals surface area contributed by atoms with Crippen molar-refractivity contribution in [3.8, 4) is 0 Å². The Morgan fingerprint density at radius 3 is 2.55 bits per heavy atom. The quantitative estimate of drug-likeness (QED) is 0.861. The van der Waals surface area contributed by atoms with Crippen LogP contribution < -0.4 is 5.56 Å². The summed E-state index contributed by atoms with van der Waals surface area (Å²) in [6.07, 6.45) is 2.06. The molecule has 2 aromatic rings. The van der Waals surface area contributed by atoms with Crippen molar-refractivity contribution in [2.24, 2.45) is 0 Å². The number of aromatic nitrogens is 2. The van der Waals surface area contributed by atoms with Gasteiger partial charge in [-0.05, 0) is 40.0 Å². The minimum absolute atomic E-state index is 0.179. The molecule has 0 radical (unpaired) electrons. The summed E-state index contributed by atoms with van der Waals surface area (Å²) in [5, 5.41) is 1.14. The van der Waals surface area contributed by atoms with Crippen molar-refractivity contribution in [2.75, 3.05) is 0 Å². The molecule has 0 atom stereocenters. The van der Waals surface area contributed by atoms with E-state index >= 15 is 0 Å². The minimum atomic E-state index is -0.179. The van der Waals surface area contributed by atoms with Crippen LogP contribution in [0.5, 0.6) is 0 Å². The summed E-state index contributed by atoms with van der Waals surface area (Å²) in [6, 6.07) is 5.33. The maximum Gasteiger partial charge on any atom is 0.265 e. The Hall–Kier alpha value is -0.840. The Kier molecular flexibility index (Phi) is 5.24. The van der Waals surface area contributed by atoms with E-state index in [1.165, 1.54) is 0 Å². The van der Waals surface area contributed by atoms with Crippen molar-refractivity contribution in [1.29, 1.82) is 0 Å². The third kappa shape index (κ3) is 3.43. The number of nitrogens with one attached hydrogen (secondary N) is 1. The lowest BCUT2D eigenvalue weighted by molar-refractivity contribution is 0.823. The highest BCUT2D eigenvalue weighted by atomic mass is 79.9. The standard InChI is InChI=1S/C14H13BrCl2N2O/c1-2-4-11-13(15)14(20)19-12(18-11)7-8-9(16)5-3-6-10(8)17/h3,5-6H,2,4,7H2,1H3,(H,18,19,20). The molecule has 6 heteroatoms. The molecule has 20 heavy (non-hydrogen) atoms. The van der Waals surface area contributed by atoms with Crippen LogP contribution in [0.1, 0.15) is 30.4 Å². The first-order valence-corrected chi connectivity index (χ1v) is 7.78. The summed E-state index contributed by atoms with van der Waals surface area (Å²) >= 11 is 15.5. The van der Waals surface area contributed by atoms with E-state index in [1.807, 2.05) is 6.92 Å². The highest BCUT2D eigenvalue weighted by Crippen LogP contribution is 2.26. The number of halogens is 3. The van der Waals surface area contributed by atoms with Gasteiger partial charge >= 0.3 is 0 Å². The zero-order chi connectivity index (χ0) is 14.7. The van der Waals surface area contributed by atoms with Crippen LogP contribution in [0.15, 0.2) is 27.5 Å². The Morgan fingerprint density at radius 1 is 1.30 bits per heavy atom. The topological polar surface area (TPSA) is 45.8 Å². The minimum Gasteiger partial charge on any atom is -0.309 e. The molecule has 0 fully saturated rings. The molecule has 1 aromatic carbocycles. The second-order valence-electron chi connectivity index (χ2n) is 4.40. The van der Waals surface area contributed by atoms with Gasteiger partial charge in [0, 0.05) is 16.5 Å². The monoisotopic (exact) mass is 374 g/mol. The van der Waals surface area contributed by atoms with Gasteiger partial charge < -0.3 is 4.98 Å². The van der Waals surface area contributed by atoms with Gasteiger partial charge in [-0.25, -0.2) is 4.98 Å². The van der Waals surface area contributed by atoms with E-state index in [9.17, 15) is 4.79 Å². The van der Waals surface area contributed by atoms with Gasteiger partial charge in [0.15, 0.2) is 0 Å². The third-order valence-electron chi connectivity index (χ3n) is 2.87. The van der Waals surface area contributed by atoms with Crippen molar-refractivity contribution >= 4 is 39.1 Å². The number of hydrogen-bond donors (Lipinski definition) is 1. The van der Waals surface area contributed by atoms with E-state index in [-0.39, 0.29) is 5.56 Å². The summed E-state index contributed by atoms with van der Waals surface area (Å²) in [7, 11) is 0. The predicted octanol–water partition coefficient (Wildman–Crippen LogP) is 4.38. The lowest BCUT2D eigenvalue weighted by Crippen LogP contribution is -2.16. The molecule has 1 aromatic heterocycles. The zero-order valence-electron chi connectivity index (χ0n) is 10.8. The molecule has 0 spiro atoms. The van der Waals surface area contributed by atoms with Gasteiger partial charge in [-0.3, -0.25) is 4.79 Å². The number of aryl methyl sites for hydroxylation is 1. The van der Waals surface area contributed by atoms with Crippen LogP contribution in [0.2, 0.25) is 10.0 Å². The fourth-order valence-electron chi connectivity index (χ4n) is 1.91. The van der Waals surface area contributed by atoms with Crippen LogP contribution in [0.25, 0.3) is 0 Å². The number of benzene rings is 1. The smallest absolute Gasteiger partial charge is 0.265 e. The number of rotatable bonds is 4. The molecule has 106 valence electrons. The summed E-state index contributed by atoms with van der Waals surface area (Å²) in [5.41, 5.74) is 1.35. The summed E-state index contributed by atoms with van der Waals surface area (Å²) in [6.45, 7) is 2.04. The van der Waals surface area contributed by atoms with E-state index in [1.54, 1.807) is 18.2 Å². The highest BCUT2D eigenvalue weighted by Gasteiger charge is 2.12. The van der Waals surface area contributed by atoms with E-state index in [0.717, 1.165) is 24.1 Å². The van der Waals surface area contributed by atoms with Crippen molar-refractivity contribution in [3.05, 3.63) is 60.2 Å². The van der Waals surface area contributed by atoms with E-state index in [0.29, 0.717) is 26.8 Å². The van der Waals surface area contributed by atoms with E-state index < -0.39 is 0 Å². The second kappa shape index (κ2) is 6.74. The molecule has 0 aliphatic heterocycles. The molecule has 0 aliphatic rings. The van der Waals surface area contributed by atoms with Gasteiger partial charge in [0.05, 0.1) is 5.69 Å². The Labute approximate surface area is 135 Å². The first-order chi connectivity index (χ1) is 9.52. The summed E-state index contributed by atoms with van der Waals surface area (Å²) in [4.78, 5) is 19.1. The molecule has 0 unspecified atom stereocenters. The van der Waals surface area contributed by atoms with E-state index in [4.69, 9.17) is 23.2 Å². The molecule has 0 aliphatic carbocycles. The van der Waals surface area contributed by atoms with Gasteiger partial charge in [-0.1, -0.05) is 42.6 Å². The summed E-state index contributed by atoms with van der Waals surface area (Å²) in [5.74, 6) is 0.566. The van der Waals surface area contributed by atoms with Gasteiger partial charge in [0.1, 0.15) is 10.3 Å². The maximum atomic E-state index is 11.9. The number of nitrogens with zero attached hydrogens (tertiary/aromatic N) is 1. The van der Waals surface area contributed by atoms with Crippen molar-refractivity contribution in [3.63, 3.8) is 0 Å². The fourth-order valence-corrected chi connectivity index (χ4v) is 2.83. The first kappa shape index (κ1) is 15.5. The molecular formula is C14H13BrCl2N2O. The number of hydrogen-bond acceptors (Lipinski definition) is 2. The molecule has 0 amide bonds. The van der Waals surface area contributed by atoms with Crippen LogP contribution in [0, 0.1) is 0 Å². The fraction of sp³-hybridized carbons (Fsp3) is 0.286. The number of aromatic amines is 1. The average molecular weight is 376 g/mol. The van der Waals surface area contributed by atoms with Crippen molar-refractivity contribution in [1.82, 2.24) is 9.97 Å². The van der Waals surface area contributed by atoms with Crippen LogP contribution in [-0.4, -0.2) is 9.97 Å². The summed E-state index contributed by atoms with van der Waals surface area (Å²) < 4.78 is 0.494. The predicted molar refractivity (Wildman–Crippen MR) is 85.8 cm³/mol. The molecule has 0 saturated carbocycles. The van der Waals surface area contributed by atoms with Gasteiger partial charge in [0.2, 0.25) is 0 Å². The number of H-pyrrole nitrogens is 1. The van der Waals surface area contributed by atoms with Gasteiger partial charge in [0.25, 0.3) is 5.56 Å². The third-order valence-corrected chi connectivity index (χ3v) is 4.40. The molecule has 0 saturated heterocycles. The lowest BCUT2D eigenvalue weighted by Gasteiger charge is -2.08. The zero-order valence-corrected chi connectivity index (χ0v) is 13.9. The molecule has 2 rings (SSSR count). The van der Waals surface area contributed by atoms with Crippen LogP contribution in [0.4, 0.5) is 0 Å². The Bertz CT molecular complexity index is 665. The molecule has 1 heterocycles. The average Bonchev–Trinajstić information content (AvgIpc) is 2.40. The van der Waals surface area contributed by atoms with Gasteiger partial charge in [-0.15, -0.1) is 0 Å². The van der Waals surface area contributed by atoms with E-state index in [2.05, 4.69) is 25.9 Å². The van der Waals surface area contributed by atoms with Crippen LogP contribution in [0.3, 0.4) is 0 Å². The van der Waals surface area contributed by atoms with Gasteiger partial charge in [-0.2, -0.15) is 0 Å². The normalized spacial score (nSPS) is 10.8. The Balaban J connectivity index is 2.42. The lowest BCUT2D eigenvalue weighted by atomic mass is 10.1. The maximum absolute atomic E-state index is 11.9. The second-order valence-corrected chi connectivity index (χ2v) is 6.01. The Morgan fingerprint density at radius 2 is 1.95 bits per heavy atom. The SMILES string of the molecule is CCCc1nc(Cc2c(Cl)cccc2Cl)[nH]c(=O)c1Br. The van der Waals surface area contributed by atoms with Crippen LogP contribution in [-0.2, 0) is 12.8 Å². The van der Waals surface area contributed by atoms with Crippen LogP contribution >= 0.6 is 39.1 Å². The molecule has 3 nitrogen and oxygen atoms in total. The first-order valence-electron chi connectivity index (χ1n) is 6.23. The highest BCUT2D eigenvalue weighted by molar-refractivity contribution is 9.10.